The highest BCUT2D eigenvalue weighted by Crippen LogP contribution is 2.57. The molecule has 0 unspecified atom stereocenters. The lowest BCUT2D eigenvalue weighted by atomic mass is 9.77. The summed E-state index contributed by atoms with van der Waals surface area (Å²) >= 11 is 0. The van der Waals surface area contributed by atoms with Crippen molar-refractivity contribution in [2.75, 3.05) is 6.54 Å². The molecule has 2 aliphatic rings. The average Bonchev–Trinajstić information content (AvgIpc) is 3.13. The van der Waals surface area contributed by atoms with Crippen molar-refractivity contribution in [1.82, 2.24) is 5.32 Å². The van der Waals surface area contributed by atoms with Gasteiger partial charge in [-0.15, -0.1) is 0 Å². The standard InChI is InChI=1S/C27H23NO7/c29-12-4-2-1-3-11-28-25(32)16-5-8-20-19(13-16)26(33)35-27(20)21-9-6-17(30)14-23(21)34-24-15-18(31)7-10-22(24)27/h5-10,12-15,30-31H,1-4,11H2,(H,28,32). The Bertz CT molecular complexity index is 1300. The monoisotopic (exact) mass is 473 g/mol. The van der Waals surface area contributed by atoms with Gasteiger partial charge in [-0.25, -0.2) is 4.79 Å². The maximum absolute atomic E-state index is 13.1. The number of esters is 1. The third-order valence-corrected chi connectivity index (χ3v) is 6.32. The van der Waals surface area contributed by atoms with Gasteiger partial charge in [-0.3, -0.25) is 4.79 Å². The molecule has 0 aliphatic carbocycles. The molecule has 0 atom stereocenters. The maximum atomic E-state index is 13.1. The van der Waals surface area contributed by atoms with E-state index in [0.717, 1.165) is 25.5 Å². The van der Waals surface area contributed by atoms with E-state index >= 15 is 0 Å². The van der Waals surface area contributed by atoms with E-state index in [-0.39, 0.29) is 23.0 Å². The summed E-state index contributed by atoms with van der Waals surface area (Å²) in [6.07, 6.45) is 3.77. The van der Waals surface area contributed by atoms with Crippen LogP contribution in [0.4, 0.5) is 0 Å². The number of carbonyl (C=O) groups excluding carboxylic acids is 3. The molecule has 0 radical (unpaired) electrons. The molecule has 0 saturated heterocycles. The predicted octanol–water partition coefficient (Wildman–Crippen LogP) is 4.15. The fourth-order valence-electron chi connectivity index (χ4n) is 4.68. The number of hydrogen-bond donors (Lipinski definition) is 3. The van der Waals surface area contributed by atoms with Gasteiger partial charge in [0.15, 0.2) is 5.60 Å². The first-order valence-electron chi connectivity index (χ1n) is 11.4. The van der Waals surface area contributed by atoms with Crippen LogP contribution in [0.15, 0.2) is 54.6 Å². The summed E-state index contributed by atoms with van der Waals surface area (Å²) in [6.45, 7) is 0.467. The Balaban J connectivity index is 1.51. The number of rotatable bonds is 7. The number of unbranched alkanes of at least 4 members (excludes halogenated alkanes) is 3. The first-order chi connectivity index (χ1) is 16.9. The van der Waals surface area contributed by atoms with Gasteiger partial charge in [-0.2, -0.15) is 0 Å². The van der Waals surface area contributed by atoms with Crippen molar-refractivity contribution in [2.45, 2.75) is 31.3 Å². The Morgan fingerprint density at radius 3 is 2.20 bits per heavy atom. The van der Waals surface area contributed by atoms with Gasteiger partial charge in [-0.05, 0) is 49.2 Å². The molecule has 35 heavy (non-hydrogen) atoms. The summed E-state index contributed by atoms with van der Waals surface area (Å²) in [4.78, 5) is 36.2. The highest BCUT2D eigenvalue weighted by atomic mass is 16.6. The average molecular weight is 473 g/mol. The molecular formula is C27H23NO7. The fourth-order valence-corrected chi connectivity index (χ4v) is 4.68. The van der Waals surface area contributed by atoms with Crippen LogP contribution in [0.2, 0.25) is 0 Å². The number of aldehydes is 1. The molecule has 3 aromatic rings. The summed E-state index contributed by atoms with van der Waals surface area (Å²) in [5, 5.41) is 22.8. The fraction of sp³-hybridized carbons (Fsp3) is 0.222. The van der Waals surface area contributed by atoms with E-state index < -0.39 is 11.6 Å². The van der Waals surface area contributed by atoms with E-state index in [0.29, 0.717) is 46.7 Å². The number of benzene rings is 3. The molecular weight excluding hydrogens is 450 g/mol. The van der Waals surface area contributed by atoms with Crippen LogP contribution in [0.5, 0.6) is 23.0 Å². The lowest BCUT2D eigenvalue weighted by molar-refractivity contribution is -0.107. The number of amides is 1. The molecule has 5 rings (SSSR count). The third-order valence-electron chi connectivity index (χ3n) is 6.32. The smallest absolute Gasteiger partial charge is 0.340 e. The normalized spacial score (nSPS) is 14.3. The molecule has 1 amide bonds. The minimum absolute atomic E-state index is 0.0229. The van der Waals surface area contributed by atoms with Crippen LogP contribution in [0.3, 0.4) is 0 Å². The van der Waals surface area contributed by atoms with E-state index in [1.165, 1.54) is 30.3 Å². The second kappa shape index (κ2) is 8.79. The van der Waals surface area contributed by atoms with E-state index in [1.54, 1.807) is 24.3 Å². The van der Waals surface area contributed by atoms with Gasteiger partial charge in [0.25, 0.3) is 5.91 Å². The molecule has 3 aromatic carbocycles. The van der Waals surface area contributed by atoms with Crippen molar-refractivity contribution >= 4 is 18.2 Å². The number of hydrogen-bond acceptors (Lipinski definition) is 7. The number of fused-ring (bicyclic) bond motifs is 6. The number of ether oxygens (including phenoxy) is 2. The lowest BCUT2D eigenvalue weighted by Crippen LogP contribution is -2.33. The van der Waals surface area contributed by atoms with Crippen molar-refractivity contribution in [2.24, 2.45) is 0 Å². The van der Waals surface area contributed by atoms with Gasteiger partial charge in [0, 0.05) is 47.4 Å². The van der Waals surface area contributed by atoms with Crippen LogP contribution in [0, 0.1) is 0 Å². The first kappa shape index (κ1) is 22.5. The second-order valence-corrected chi connectivity index (χ2v) is 8.57. The molecule has 178 valence electrons. The molecule has 2 aliphatic heterocycles. The lowest BCUT2D eigenvalue weighted by Gasteiger charge is -2.36. The molecule has 0 bridgehead atoms. The SMILES string of the molecule is O=CCCCCCNC(=O)c1ccc2c(c1)C(=O)OC21c2ccc(O)cc2Oc2cc(O)ccc21. The molecule has 0 fully saturated rings. The van der Waals surface area contributed by atoms with Gasteiger partial charge < -0.3 is 29.8 Å². The number of nitrogens with one attached hydrogen (secondary N) is 1. The zero-order valence-electron chi connectivity index (χ0n) is 18.7. The molecule has 1 spiro atoms. The van der Waals surface area contributed by atoms with Crippen LogP contribution < -0.4 is 10.1 Å². The number of aromatic hydroxyl groups is 2. The highest BCUT2D eigenvalue weighted by Gasteiger charge is 2.53. The van der Waals surface area contributed by atoms with Crippen LogP contribution in [0.25, 0.3) is 0 Å². The third kappa shape index (κ3) is 3.77. The highest BCUT2D eigenvalue weighted by molar-refractivity contribution is 6.01. The van der Waals surface area contributed by atoms with Crippen LogP contribution in [-0.2, 0) is 15.1 Å². The van der Waals surface area contributed by atoms with Crippen molar-refractivity contribution in [3.05, 3.63) is 82.4 Å². The topological polar surface area (TPSA) is 122 Å². The van der Waals surface area contributed by atoms with Crippen molar-refractivity contribution < 1.29 is 34.1 Å². The summed E-state index contributed by atoms with van der Waals surface area (Å²) in [5.41, 5.74) is 0.805. The molecule has 0 aromatic heterocycles. The van der Waals surface area contributed by atoms with E-state index in [9.17, 15) is 24.6 Å². The number of phenols is 2. The van der Waals surface area contributed by atoms with Gasteiger partial charge in [0.05, 0.1) is 5.56 Å². The molecule has 0 saturated carbocycles. The quantitative estimate of drug-likeness (QED) is 0.268. The summed E-state index contributed by atoms with van der Waals surface area (Å²) in [7, 11) is 0. The Morgan fingerprint density at radius 2 is 1.54 bits per heavy atom. The van der Waals surface area contributed by atoms with Crippen LogP contribution >= 0.6 is 0 Å². The molecule has 8 heteroatoms. The number of phenolic OH excluding ortho intramolecular Hbond substituents is 2. The molecule has 2 heterocycles. The Hall–Kier alpha value is -4.33. The second-order valence-electron chi connectivity index (χ2n) is 8.57. The first-order valence-corrected chi connectivity index (χ1v) is 11.4. The van der Waals surface area contributed by atoms with E-state index in [4.69, 9.17) is 9.47 Å². The maximum Gasteiger partial charge on any atom is 0.340 e. The minimum Gasteiger partial charge on any atom is -0.508 e. The van der Waals surface area contributed by atoms with Crippen molar-refractivity contribution in [1.29, 1.82) is 0 Å². The van der Waals surface area contributed by atoms with E-state index in [2.05, 4.69) is 5.32 Å². The number of carbonyl (C=O) groups is 3. The zero-order valence-corrected chi connectivity index (χ0v) is 18.7. The van der Waals surface area contributed by atoms with Gasteiger partial charge in [0.1, 0.15) is 29.3 Å². The van der Waals surface area contributed by atoms with E-state index in [1.807, 2.05) is 0 Å². The van der Waals surface area contributed by atoms with Crippen molar-refractivity contribution in [3.8, 4) is 23.0 Å². The van der Waals surface area contributed by atoms with Gasteiger partial charge in [0.2, 0.25) is 0 Å². The minimum atomic E-state index is -1.36. The molecule has 8 nitrogen and oxygen atoms in total. The molecule has 3 N–H and O–H groups in total. The summed E-state index contributed by atoms with van der Waals surface area (Å²) in [5.74, 6) is -0.362. The summed E-state index contributed by atoms with van der Waals surface area (Å²) < 4.78 is 11.9. The Labute approximate surface area is 201 Å². The Kier molecular flexibility index (Phi) is 5.64. The van der Waals surface area contributed by atoms with Crippen LogP contribution in [-0.4, -0.2) is 34.9 Å². The zero-order chi connectivity index (χ0) is 24.6. The van der Waals surface area contributed by atoms with Gasteiger partial charge >= 0.3 is 5.97 Å². The largest absolute Gasteiger partial charge is 0.508 e. The summed E-state index contributed by atoms with van der Waals surface area (Å²) in [6, 6.07) is 13.9. The van der Waals surface area contributed by atoms with Gasteiger partial charge in [-0.1, -0.05) is 12.5 Å². The predicted molar refractivity (Wildman–Crippen MR) is 125 cm³/mol. The van der Waals surface area contributed by atoms with Crippen LogP contribution in [0.1, 0.15) is 63.1 Å². The van der Waals surface area contributed by atoms with Crippen molar-refractivity contribution in [3.63, 3.8) is 0 Å². The Morgan fingerprint density at radius 1 is 0.886 bits per heavy atom.